The van der Waals surface area contributed by atoms with Crippen molar-refractivity contribution in [3.63, 3.8) is 0 Å². The smallest absolute Gasteiger partial charge is 0.408 e. The molecule has 0 aromatic heterocycles. The predicted octanol–water partition coefficient (Wildman–Crippen LogP) is -0.0909. The second-order valence-electron chi connectivity index (χ2n) is 4.23. The lowest BCUT2D eigenvalue weighted by Crippen LogP contribution is -2.38. The molecule has 1 aromatic rings. The lowest BCUT2D eigenvalue weighted by atomic mass is 9.98. The number of ether oxygens (including phenoxy) is 1. The Hall–Kier alpha value is -2.12. The van der Waals surface area contributed by atoms with Crippen molar-refractivity contribution < 1.29 is 29.5 Å². The molecule has 3 atom stereocenters. The Morgan fingerprint density at radius 1 is 1.50 bits per heavy atom. The molecule has 0 saturated heterocycles. The van der Waals surface area contributed by atoms with E-state index in [1.165, 1.54) is 0 Å². The van der Waals surface area contributed by atoms with Gasteiger partial charge in [-0.15, -0.1) is 0 Å². The summed E-state index contributed by atoms with van der Waals surface area (Å²) in [6, 6.07) is 8.41. The van der Waals surface area contributed by atoms with E-state index in [9.17, 15) is 20.2 Å². The lowest BCUT2D eigenvalue weighted by molar-refractivity contribution is -0.742. The first kappa shape index (κ1) is 14.3. The first-order chi connectivity index (χ1) is 9.56. The summed E-state index contributed by atoms with van der Waals surface area (Å²) in [6.07, 6.45) is -4.05. The number of aliphatic hydroxyl groups excluding tert-OH is 2. The fraction of sp³-hybridized carbons (Fsp3) is 0.385. The number of aliphatic hydroxyl groups is 2. The van der Waals surface area contributed by atoms with Gasteiger partial charge >= 0.3 is 11.7 Å². The van der Waals surface area contributed by atoms with E-state index < -0.39 is 30.0 Å². The van der Waals surface area contributed by atoms with E-state index in [0.717, 1.165) is 0 Å². The van der Waals surface area contributed by atoms with Crippen molar-refractivity contribution in [2.24, 2.45) is 0 Å². The van der Waals surface area contributed by atoms with Crippen molar-refractivity contribution in [1.29, 1.82) is 0 Å². The van der Waals surface area contributed by atoms with Crippen molar-refractivity contribution >= 4 is 11.7 Å². The maximum atomic E-state index is 11.5. The minimum atomic E-state index is -1.55. The Kier molecular flexibility index (Phi) is 4.21. The quantitative estimate of drug-likeness (QED) is 0.590. The lowest BCUT2D eigenvalue weighted by Gasteiger charge is -2.21. The zero-order valence-electron chi connectivity index (χ0n) is 10.8. The third-order valence-electron chi connectivity index (χ3n) is 2.94. The standard InChI is InChI=1S/C13H15NO6/c1-2-19-13(17)9-11(16)12(20-14(9)18)10(15)8-6-4-3-5-7-8/h3-7,10-12,15-16H,2H2,1H3/t10-,11?,12-/m0/s1. The van der Waals surface area contributed by atoms with E-state index >= 15 is 0 Å². The van der Waals surface area contributed by atoms with Crippen LogP contribution in [-0.2, 0) is 14.4 Å². The molecule has 0 bridgehead atoms. The number of carbonyl (C=O) groups is 1. The van der Waals surface area contributed by atoms with Crippen LogP contribution in [0.5, 0.6) is 0 Å². The molecule has 1 aliphatic rings. The van der Waals surface area contributed by atoms with Gasteiger partial charge in [-0.25, -0.2) is 4.79 Å². The highest BCUT2D eigenvalue weighted by Gasteiger charge is 2.47. The molecule has 0 saturated carbocycles. The summed E-state index contributed by atoms with van der Waals surface area (Å²) in [5, 5.41) is 31.6. The van der Waals surface area contributed by atoms with Gasteiger partial charge in [0.2, 0.25) is 0 Å². The summed E-state index contributed by atoms with van der Waals surface area (Å²) >= 11 is 0. The van der Waals surface area contributed by atoms with Crippen LogP contribution in [0.25, 0.3) is 0 Å². The third kappa shape index (κ3) is 2.59. The maximum Gasteiger partial charge on any atom is 0.408 e. The van der Waals surface area contributed by atoms with Crippen LogP contribution >= 0.6 is 0 Å². The van der Waals surface area contributed by atoms with Gasteiger partial charge in [-0.2, -0.15) is 0 Å². The van der Waals surface area contributed by atoms with Crippen molar-refractivity contribution in [2.45, 2.75) is 25.2 Å². The van der Waals surface area contributed by atoms with E-state index in [1.807, 2.05) is 0 Å². The summed E-state index contributed by atoms with van der Waals surface area (Å²) in [5.74, 6) is -0.960. The minimum absolute atomic E-state index is 0.0643. The second-order valence-corrected chi connectivity index (χ2v) is 4.23. The fourth-order valence-corrected chi connectivity index (χ4v) is 1.96. The van der Waals surface area contributed by atoms with Crippen LogP contribution in [0.2, 0.25) is 0 Å². The Balaban J connectivity index is 2.17. The number of carbonyl (C=O) groups excluding carboxylic acids is 1. The Bertz CT molecular complexity index is 515. The molecule has 7 nitrogen and oxygen atoms in total. The molecule has 7 heteroatoms. The van der Waals surface area contributed by atoms with Gasteiger partial charge in [0.05, 0.1) is 17.6 Å². The molecular formula is C13H15NO6. The zero-order valence-corrected chi connectivity index (χ0v) is 10.8. The molecule has 0 aliphatic carbocycles. The number of hydrogen-bond acceptors (Lipinski definition) is 6. The summed E-state index contributed by atoms with van der Waals surface area (Å²) in [4.78, 5) is 16.3. The molecule has 2 rings (SSSR count). The minimum Gasteiger partial charge on any atom is -0.458 e. The van der Waals surface area contributed by atoms with E-state index in [2.05, 4.69) is 4.74 Å². The van der Waals surface area contributed by atoms with Gasteiger partial charge in [-0.1, -0.05) is 30.3 Å². The summed E-state index contributed by atoms with van der Waals surface area (Å²) in [6.45, 7) is 1.64. The average Bonchev–Trinajstić information content (AvgIpc) is 2.74. The number of esters is 1. The average molecular weight is 281 g/mol. The molecule has 0 spiro atoms. The number of rotatable bonds is 4. The topological polar surface area (TPSA) is 102 Å². The van der Waals surface area contributed by atoms with Crippen molar-refractivity contribution in [3.05, 3.63) is 41.1 Å². The Morgan fingerprint density at radius 3 is 2.75 bits per heavy atom. The SMILES string of the molecule is CCOC(=O)C1=[N+]([O-])O[C@@H]([C@@H](O)c2ccccc2)C1O. The van der Waals surface area contributed by atoms with Gasteiger partial charge in [0.15, 0.2) is 6.10 Å². The maximum absolute atomic E-state index is 11.5. The highest BCUT2D eigenvalue weighted by molar-refractivity contribution is 6.36. The molecular weight excluding hydrogens is 266 g/mol. The monoisotopic (exact) mass is 281 g/mol. The van der Waals surface area contributed by atoms with E-state index in [1.54, 1.807) is 37.3 Å². The van der Waals surface area contributed by atoms with Gasteiger partial charge in [0.1, 0.15) is 6.10 Å². The highest BCUT2D eigenvalue weighted by atomic mass is 16.9. The number of nitrogens with zero attached hydrogens (tertiary/aromatic N) is 1. The molecule has 0 amide bonds. The summed E-state index contributed by atoms with van der Waals surface area (Å²) < 4.78 is 4.66. The zero-order chi connectivity index (χ0) is 14.7. The molecule has 0 fully saturated rings. The number of hydrogen-bond donors (Lipinski definition) is 2. The summed E-state index contributed by atoms with van der Waals surface area (Å²) in [5.41, 5.74) is -0.0955. The van der Waals surface area contributed by atoms with Crippen LogP contribution in [0.15, 0.2) is 30.3 Å². The van der Waals surface area contributed by atoms with E-state index in [4.69, 9.17) is 4.84 Å². The molecule has 1 heterocycles. The molecule has 0 radical (unpaired) electrons. The van der Waals surface area contributed by atoms with Crippen molar-refractivity contribution in [1.82, 2.24) is 0 Å². The molecule has 1 aliphatic heterocycles. The van der Waals surface area contributed by atoms with Gasteiger partial charge in [-0.3, -0.25) is 5.21 Å². The van der Waals surface area contributed by atoms with Gasteiger partial charge in [0, 0.05) is 0 Å². The van der Waals surface area contributed by atoms with E-state index in [-0.39, 0.29) is 11.5 Å². The van der Waals surface area contributed by atoms with Crippen LogP contribution in [0, 0.1) is 5.21 Å². The molecule has 20 heavy (non-hydrogen) atoms. The van der Waals surface area contributed by atoms with Gasteiger partial charge in [0.25, 0.3) is 0 Å². The van der Waals surface area contributed by atoms with Gasteiger partial charge in [-0.05, 0) is 12.5 Å². The predicted molar refractivity (Wildman–Crippen MR) is 67.5 cm³/mol. The Labute approximate surface area is 115 Å². The first-order valence-corrected chi connectivity index (χ1v) is 6.15. The molecule has 108 valence electrons. The normalized spacial score (nSPS) is 23.4. The summed E-state index contributed by atoms with van der Waals surface area (Å²) in [7, 11) is 0. The Morgan fingerprint density at radius 2 is 2.15 bits per heavy atom. The van der Waals surface area contributed by atoms with Gasteiger partial charge < -0.3 is 19.8 Å². The van der Waals surface area contributed by atoms with E-state index in [0.29, 0.717) is 5.56 Å². The van der Waals surface area contributed by atoms with Crippen molar-refractivity contribution in [2.75, 3.05) is 6.61 Å². The molecule has 1 aromatic carbocycles. The van der Waals surface area contributed by atoms with Crippen molar-refractivity contribution in [3.8, 4) is 0 Å². The van der Waals surface area contributed by atoms with Crippen LogP contribution in [-0.4, -0.2) is 45.6 Å². The molecule has 1 unspecified atom stereocenters. The largest absolute Gasteiger partial charge is 0.458 e. The fourth-order valence-electron chi connectivity index (χ4n) is 1.96. The van der Waals surface area contributed by atoms with Crippen LogP contribution < -0.4 is 0 Å². The van der Waals surface area contributed by atoms with Crippen LogP contribution in [0.1, 0.15) is 18.6 Å². The third-order valence-corrected chi connectivity index (χ3v) is 2.94. The highest BCUT2D eigenvalue weighted by Crippen LogP contribution is 2.26. The number of benzene rings is 1. The second kappa shape index (κ2) is 5.89. The van der Waals surface area contributed by atoms with Crippen LogP contribution in [0.4, 0.5) is 0 Å². The first-order valence-electron chi connectivity index (χ1n) is 6.15. The molecule has 2 N–H and O–H groups in total. The van der Waals surface area contributed by atoms with Crippen LogP contribution in [0.3, 0.4) is 0 Å².